The zero-order valence-electron chi connectivity index (χ0n) is 23.2. The van der Waals surface area contributed by atoms with Crippen LogP contribution in [0.25, 0.3) is 0 Å². The zero-order valence-corrected chi connectivity index (χ0v) is 23.2. The summed E-state index contributed by atoms with van der Waals surface area (Å²) in [4.78, 5) is 53.8. The molecule has 1 aliphatic rings. The van der Waals surface area contributed by atoms with E-state index in [0.717, 1.165) is 11.1 Å². The van der Waals surface area contributed by atoms with Crippen LogP contribution in [-0.4, -0.2) is 40.9 Å². The number of rotatable bonds is 9. The maximum Gasteiger partial charge on any atom is 0.412 e. The quantitative estimate of drug-likeness (QED) is 0.255. The summed E-state index contributed by atoms with van der Waals surface area (Å²) in [6.45, 7) is 11.8. The lowest BCUT2D eigenvalue weighted by molar-refractivity contribution is -0.149. The van der Waals surface area contributed by atoms with Gasteiger partial charge in [-0.1, -0.05) is 43.7 Å². The number of nitrogens with zero attached hydrogens (tertiary/aromatic N) is 1. The summed E-state index contributed by atoms with van der Waals surface area (Å²) in [5.74, 6) is -1.15. The minimum atomic E-state index is -0.995. The molecule has 1 N–H and O–H groups in total. The molecule has 0 saturated carbocycles. The number of amides is 2. The summed E-state index contributed by atoms with van der Waals surface area (Å²) < 4.78 is 10.7. The van der Waals surface area contributed by atoms with Crippen molar-refractivity contribution in [3.05, 3.63) is 64.7 Å². The average molecular weight is 523 g/mol. The Labute approximate surface area is 224 Å². The Kier molecular flexibility index (Phi) is 8.97. The Balaban J connectivity index is 1.93. The second kappa shape index (κ2) is 11.8. The number of hydrogen-bond donors (Lipinski definition) is 1. The Morgan fingerprint density at radius 2 is 1.58 bits per heavy atom. The summed E-state index contributed by atoms with van der Waals surface area (Å²) in [7, 11) is 0. The van der Waals surface area contributed by atoms with Gasteiger partial charge >= 0.3 is 12.1 Å². The molecule has 1 unspecified atom stereocenters. The lowest BCUT2D eigenvalue weighted by Crippen LogP contribution is -2.35. The second-order valence-corrected chi connectivity index (χ2v) is 10.8. The molecule has 2 aromatic rings. The number of ether oxygens (including phenoxy) is 2. The van der Waals surface area contributed by atoms with Crippen molar-refractivity contribution in [2.45, 2.75) is 84.9 Å². The molecule has 0 aromatic heterocycles. The van der Waals surface area contributed by atoms with Crippen molar-refractivity contribution in [2.24, 2.45) is 0 Å². The SMILES string of the molecule is CCCC(C)(C(=O)OCC)c1ccc(NC(=O)OC(C)(C)C)c(C(=O)CC(=O)N2Cc3ccccc3C2)c1. The minimum Gasteiger partial charge on any atom is -0.465 e. The fourth-order valence-electron chi connectivity index (χ4n) is 4.65. The molecule has 2 aromatic carbocycles. The molecule has 1 atom stereocenters. The molecule has 0 spiro atoms. The molecule has 1 heterocycles. The van der Waals surface area contributed by atoms with Gasteiger partial charge in [0, 0.05) is 18.7 Å². The molecule has 1 aliphatic heterocycles. The summed E-state index contributed by atoms with van der Waals surface area (Å²) >= 11 is 0. The molecule has 0 saturated heterocycles. The molecule has 0 fully saturated rings. The molecule has 0 aliphatic carbocycles. The standard InChI is InChI=1S/C30H38N2O6/c1-7-15-30(6,27(35)37-8-2)22-13-14-24(31-28(36)38-29(3,4)5)23(16-22)25(33)17-26(34)32-18-20-11-9-10-12-21(20)19-32/h9-14,16H,7-8,15,17-19H2,1-6H3,(H,31,36). The van der Waals surface area contributed by atoms with E-state index in [9.17, 15) is 19.2 Å². The molecule has 8 heteroatoms. The van der Waals surface area contributed by atoms with Crippen LogP contribution < -0.4 is 5.32 Å². The number of carbonyl (C=O) groups excluding carboxylic acids is 4. The number of hydrogen-bond acceptors (Lipinski definition) is 6. The third-order valence-corrected chi connectivity index (χ3v) is 6.57. The number of benzene rings is 2. The topological polar surface area (TPSA) is 102 Å². The van der Waals surface area contributed by atoms with Crippen LogP contribution in [-0.2, 0) is 37.6 Å². The average Bonchev–Trinajstić information content (AvgIpc) is 3.28. The van der Waals surface area contributed by atoms with Crippen LogP contribution in [0.15, 0.2) is 42.5 Å². The van der Waals surface area contributed by atoms with Crippen LogP contribution in [0.4, 0.5) is 10.5 Å². The first-order valence-corrected chi connectivity index (χ1v) is 13.1. The summed E-state index contributed by atoms with van der Waals surface area (Å²) in [5.41, 5.74) is 1.33. The van der Waals surface area contributed by atoms with Crippen molar-refractivity contribution >= 4 is 29.4 Å². The number of anilines is 1. The first-order valence-electron chi connectivity index (χ1n) is 13.1. The third kappa shape index (κ3) is 6.79. The van der Waals surface area contributed by atoms with E-state index in [0.29, 0.717) is 31.5 Å². The van der Waals surface area contributed by atoms with Gasteiger partial charge in [0.2, 0.25) is 5.91 Å². The number of ketones is 1. The van der Waals surface area contributed by atoms with Crippen LogP contribution in [0.2, 0.25) is 0 Å². The van der Waals surface area contributed by atoms with Gasteiger partial charge in [0.25, 0.3) is 0 Å². The van der Waals surface area contributed by atoms with Crippen molar-refractivity contribution in [3.63, 3.8) is 0 Å². The largest absolute Gasteiger partial charge is 0.465 e. The summed E-state index contributed by atoms with van der Waals surface area (Å²) in [6.07, 6.45) is 0.125. The number of esters is 1. The van der Waals surface area contributed by atoms with Crippen molar-refractivity contribution in [1.29, 1.82) is 0 Å². The van der Waals surface area contributed by atoms with Gasteiger partial charge < -0.3 is 14.4 Å². The van der Waals surface area contributed by atoms with Gasteiger partial charge in [0.15, 0.2) is 5.78 Å². The Bertz CT molecular complexity index is 1190. The highest BCUT2D eigenvalue weighted by molar-refractivity contribution is 6.11. The number of Topliss-reactive ketones (excluding diaryl/α,β-unsaturated/α-hetero) is 1. The lowest BCUT2D eigenvalue weighted by Gasteiger charge is -2.28. The molecule has 3 rings (SSSR count). The smallest absolute Gasteiger partial charge is 0.412 e. The van der Waals surface area contributed by atoms with E-state index in [1.807, 2.05) is 31.2 Å². The van der Waals surface area contributed by atoms with E-state index in [1.54, 1.807) is 57.7 Å². The van der Waals surface area contributed by atoms with E-state index >= 15 is 0 Å². The van der Waals surface area contributed by atoms with E-state index in [4.69, 9.17) is 9.47 Å². The van der Waals surface area contributed by atoms with Crippen LogP contribution in [0.3, 0.4) is 0 Å². The predicted molar refractivity (Wildman–Crippen MR) is 145 cm³/mol. The predicted octanol–water partition coefficient (Wildman–Crippen LogP) is 5.77. The van der Waals surface area contributed by atoms with E-state index < -0.39 is 22.9 Å². The van der Waals surface area contributed by atoms with E-state index in [-0.39, 0.29) is 36.2 Å². The summed E-state index contributed by atoms with van der Waals surface area (Å²) in [6, 6.07) is 12.7. The third-order valence-electron chi connectivity index (χ3n) is 6.57. The molecular weight excluding hydrogens is 484 g/mol. The number of fused-ring (bicyclic) bond motifs is 1. The van der Waals surface area contributed by atoms with Gasteiger partial charge in [-0.25, -0.2) is 4.79 Å². The maximum absolute atomic E-state index is 13.5. The van der Waals surface area contributed by atoms with Gasteiger partial charge in [0.1, 0.15) is 5.60 Å². The second-order valence-electron chi connectivity index (χ2n) is 10.8. The molecular formula is C30H38N2O6. The van der Waals surface area contributed by atoms with Gasteiger partial charge in [-0.05, 0) is 69.9 Å². The van der Waals surface area contributed by atoms with Gasteiger partial charge in [0.05, 0.1) is 24.1 Å². The van der Waals surface area contributed by atoms with Gasteiger partial charge in [-0.3, -0.25) is 19.7 Å². The van der Waals surface area contributed by atoms with Gasteiger partial charge in [-0.15, -0.1) is 0 Å². The maximum atomic E-state index is 13.5. The molecule has 204 valence electrons. The van der Waals surface area contributed by atoms with Crippen LogP contribution in [0.5, 0.6) is 0 Å². The number of carbonyl (C=O) groups is 4. The normalized spacial score (nSPS) is 14.3. The molecule has 0 radical (unpaired) electrons. The van der Waals surface area contributed by atoms with Crippen molar-refractivity contribution < 1.29 is 28.7 Å². The Morgan fingerprint density at radius 3 is 2.13 bits per heavy atom. The first kappa shape index (κ1) is 28.9. The Morgan fingerprint density at radius 1 is 0.947 bits per heavy atom. The fraction of sp³-hybridized carbons (Fsp3) is 0.467. The lowest BCUT2D eigenvalue weighted by atomic mass is 9.77. The highest BCUT2D eigenvalue weighted by Crippen LogP contribution is 2.34. The van der Waals surface area contributed by atoms with Crippen LogP contribution in [0, 0.1) is 0 Å². The first-order chi connectivity index (χ1) is 17.9. The highest BCUT2D eigenvalue weighted by atomic mass is 16.6. The Hall–Kier alpha value is -3.68. The van der Waals surface area contributed by atoms with Crippen LogP contribution in [0.1, 0.15) is 87.9 Å². The van der Waals surface area contributed by atoms with Crippen molar-refractivity contribution in [3.8, 4) is 0 Å². The fourth-order valence-corrected chi connectivity index (χ4v) is 4.65. The molecule has 2 amide bonds. The zero-order chi connectivity index (χ0) is 28.1. The molecule has 38 heavy (non-hydrogen) atoms. The molecule has 8 nitrogen and oxygen atoms in total. The summed E-state index contributed by atoms with van der Waals surface area (Å²) in [5, 5.41) is 2.65. The van der Waals surface area contributed by atoms with E-state index in [2.05, 4.69) is 5.32 Å². The monoisotopic (exact) mass is 522 g/mol. The van der Waals surface area contributed by atoms with Crippen molar-refractivity contribution in [1.82, 2.24) is 4.90 Å². The van der Waals surface area contributed by atoms with Crippen molar-refractivity contribution in [2.75, 3.05) is 11.9 Å². The van der Waals surface area contributed by atoms with Crippen LogP contribution >= 0.6 is 0 Å². The minimum absolute atomic E-state index is 0.144. The van der Waals surface area contributed by atoms with E-state index in [1.165, 1.54) is 0 Å². The molecule has 0 bridgehead atoms. The highest BCUT2D eigenvalue weighted by Gasteiger charge is 2.37. The van der Waals surface area contributed by atoms with Gasteiger partial charge in [-0.2, -0.15) is 0 Å². The number of nitrogens with one attached hydrogen (secondary N) is 1.